The van der Waals surface area contributed by atoms with Crippen LogP contribution in [-0.2, 0) is 16.6 Å². The molecule has 4 aromatic rings. The summed E-state index contributed by atoms with van der Waals surface area (Å²) in [6.07, 6.45) is 3.71. The highest BCUT2D eigenvalue weighted by Crippen LogP contribution is 2.36. The lowest BCUT2D eigenvalue weighted by molar-refractivity contribution is 0.0973. The number of nitrogens with zero attached hydrogens (tertiary/aromatic N) is 1. The average molecular weight is 537 g/mol. The van der Waals surface area contributed by atoms with Crippen molar-refractivity contribution in [2.45, 2.75) is 38.1 Å². The number of para-hydroxylation sites is 1. The number of aromatic nitrogens is 1. The second-order valence-electron chi connectivity index (χ2n) is 8.56. The van der Waals surface area contributed by atoms with Gasteiger partial charge in [0.05, 0.1) is 12.0 Å². The molecule has 192 valence electrons. The second-order valence-corrected chi connectivity index (χ2v) is 10.7. The van der Waals surface area contributed by atoms with Crippen molar-refractivity contribution in [3.8, 4) is 16.9 Å². The van der Waals surface area contributed by atoms with Crippen LogP contribution in [-0.4, -0.2) is 26.0 Å². The molecule has 0 spiro atoms. The zero-order valence-electron chi connectivity index (χ0n) is 21.0. The van der Waals surface area contributed by atoms with Gasteiger partial charge in [-0.15, -0.1) is 0 Å². The van der Waals surface area contributed by atoms with E-state index in [2.05, 4.69) is 17.7 Å². The van der Waals surface area contributed by atoms with E-state index in [4.69, 9.17) is 16.3 Å². The van der Waals surface area contributed by atoms with Gasteiger partial charge < -0.3 is 9.30 Å². The first-order valence-corrected chi connectivity index (χ1v) is 13.9. The summed E-state index contributed by atoms with van der Waals surface area (Å²) in [6, 6.07) is 20.8. The van der Waals surface area contributed by atoms with Crippen LogP contribution in [0.2, 0.25) is 5.02 Å². The molecule has 0 radical (unpaired) electrons. The molecule has 0 bridgehead atoms. The van der Waals surface area contributed by atoms with Crippen molar-refractivity contribution in [2.75, 3.05) is 7.11 Å². The Hall–Kier alpha value is -3.55. The van der Waals surface area contributed by atoms with Gasteiger partial charge in [0, 0.05) is 28.0 Å². The maximum atomic E-state index is 13.8. The fourth-order valence-corrected chi connectivity index (χ4v) is 5.52. The number of allylic oxidation sites excluding steroid dienone is 2. The number of methoxy groups -OCH3 is 1. The molecule has 1 heterocycles. The molecule has 1 amide bonds. The van der Waals surface area contributed by atoms with Crippen molar-refractivity contribution in [3.63, 3.8) is 0 Å². The van der Waals surface area contributed by atoms with E-state index in [1.165, 1.54) is 29.8 Å². The van der Waals surface area contributed by atoms with Gasteiger partial charge in [0.2, 0.25) is 0 Å². The van der Waals surface area contributed by atoms with Crippen molar-refractivity contribution in [1.29, 1.82) is 0 Å². The molecular formula is C29H29ClN2O4S. The number of hydrogen-bond donors (Lipinski definition) is 1. The Morgan fingerprint density at radius 3 is 2.32 bits per heavy atom. The van der Waals surface area contributed by atoms with Gasteiger partial charge in [-0.3, -0.25) is 4.79 Å². The summed E-state index contributed by atoms with van der Waals surface area (Å²) in [7, 11) is -2.54. The molecule has 37 heavy (non-hydrogen) atoms. The molecule has 0 unspecified atom stereocenters. The first-order valence-electron chi connectivity index (χ1n) is 12.0. The van der Waals surface area contributed by atoms with Gasteiger partial charge in [0.25, 0.3) is 15.9 Å². The van der Waals surface area contributed by atoms with Gasteiger partial charge >= 0.3 is 0 Å². The Labute approximate surface area is 222 Å². The summed E-state index contributed by atoms with van der Waals surface area (Å²) >= 11 is 5.92. The monoisotopic (exact) mass is 536 g/mol. The van der Waals surface area contributed by atoms with Crippen molar-refractivity contribution in [3.05, 3.63) is 95.2 Å². The summed E-state index contributed by atoms with van der Waals surface area (Å²) in [6.45, 7) is 4.62. The molecule has 6 nitrogen and oxygen atoms in total. The van der Waals surface area contributed by atoms with Crippen LogP contribution in [0, 0.1) is 0 Å². The number of hydrogen-bond acceptors (Lipinski definition) is 4. The third-order valence-electron chi connectivity index (χ3n) is 6.43. The molecule has 8 heteroatoms. The SMILES string of the molecule is C/C=C(\CC)CCn1c(C(=O)NS(=O)(=O)c2ccc(Cl)cc2)c(-c2ccc(OC)cc2)c2ccccc21. The van der Waals surface area contributed by atoms with E-state index in [9.17, 15) is 13.2 Å². The fourth-order valence-electron chi connectivity index (χ4n) is 4.45. The van der Waals surface area contributed by atoms with E-state index < -0.39 is 15.9 Å². The maximum Gasteiger partial charge on any atom is 0.282 e. The number of benzene rings is 3. The molecule has 3 aromatic carbocycles. The lowest BCUT2D eigenvalue weighted by Crippen LogP contribution is -2.32. The van der Waals surface area contributed by atoms with E-state index in [1.807, 2.05) is 60.0 Å². The summed E-state index contributed by atoms with van der Waals surface area (Å²) < 4.78 is 35.8. The Morgan fingerprint density at radius 1 is 1.03 bits per heavy atom. The van der Waals surface area contributed by atoms with E-state index in [0.29, 0.717) is 22.9 Å². The number of fused-ring (bicyclic) bond motifs is 1. The zero-order chi connectivity index (χ0) is 26.6. The molecule has 0 saturated carbocycles. The highest BCUT2D eigenvalue weighted by atomic mass is 35.5. The van der Waals surface area contributed by atoms with E-state index in [-0.39, 0.29) is 10.6 Å². The third-order valence-corrected chi connectivity index (χ3v) is 8.03. The second kappa shape index (κ2) is 11.2. The number of halogens is 1. The van der Waals surface area contributed by atoms with E-state index in [1.54, 1.807) is 7.11 Å². The molecule has 0 saturated heterocycles. The third kappa shape index (κ3) is 5.58. The van der Waals surface area contributed by atoms with Crippen LogP contribution in [0.4, 0.5) is 0 Å². The smallest absolute Gasteiger partial charge is 0.282 e. The minimum Gasteiger partial charge on any atom is -0.497 e. The van der Waals surface area contributed by atoms with Gasteiger partial charge in [-0.1, -0.05) is 60.5 Å². The normalized spacial score (nSPS) is 12.1. The van der Waals surface area contributed by atoms with Crippen LogP contribution in [0.5, 0.6) is 5.75 Å². The van der Waals surface area contributed by atoms with E-state index >= 15 is 0 Å². The number of aryl methyl sites for hydroxylation is 1. The van der Waals surface area contributed by atoms with E-state index in [0.717, 1.165) is 29.3 Å². The molecule has 1 aromatic heterocycles. The summed E-state index contributed by atoms with van der Waals surface area (Å²) in [4.78, 5) is 13.8. The van der Waals surface area contributed by atoms with Crippen molar-refractivity contribution >= 4 is 38.4 Å². The molecule has 0 aliphatic carbocycles. The first-order chi connectivity index (χ1) is 17.8. The van der Waals surface area contributed by atoms with Crippen molar-refractivity contribution in [1.82, 2.24) is 9.29 Å². The molecule has 0 aliphatic rings. The largest absolute Gasteiger partial charge is 0.497 e. The standard InChI is InChI=1S/C29H29ClN2O4S/c1-4-20(5-2)18-19-32-26-9-7-6-8-25(26)27(21-10-14-23(36-3)15-11-21)28(32)29(33)31-37(34,35)24-16-12-22(30)13-17-24/h4,6-17H,5,18-19H2,1-3H3,(H,31,33)/b20-4+. The van der Waals surface area contributed by atoms with Crippen LogP contribution in [0.3, 0.4) is 0 Å². The zero-order valence-corrected chi connectivity index (χ0v) is 22.6. The lowest BCUT2D eigenvalue weighted by atomic mass is 10.0. The number of carbonyl (C=O) groups is 1. The highest BCUT2D eigenvalue weighted by molar-refractivity contribution is 7.90. The quantitative estimate of drug-likeness (QED) is 0.238. The molecular weight excluding hydrogens is 508 g/mol. The number of rotatable bonds is 9. The number of amides is 1. The van der Waals surface area contributed by atoms with Crippen LogP contribution < -0.4 is 9.46 Å². The fraction of sp³-hybridized carbons (Fsp3) is 0.207. The highest BCUT2D eigenvalue weighted by Gasteiger charge is 2.27. The predicted octanol–water partition coefficient (Wildman–Crippen LogP) is 6.84. The van der Waals surface area contributed by atoms with Crippen molar-refractivity contribution < 1.29 is 17.9 Å². The van der Waals surface area contributed by atoms with Gasteiger partial charge in [0.15, 0.2) is 0 Å². The Morgan fingerprint density at radius 2 is 1.70 bits per heavy atom. The minimum atomic E-state index is -4.13. The minimum absolute atomic E-state index is 0.0407. The molecule has 0 aliphatic heterocycles. The van der Waals surface area contributed by atoms with Crippen LogP contribution in [0.1, 0.15) is 37.2 Å². The van der Waals surface area contributed by atoms with Gasteiger partial charge in [-0.25, -0.2) is 13.1 Å². The molecule has 0 atom stereocenters. The molecule has 1 N–H and O–H groups in total. The summed E-state index contributed by atoms with van der Waals surface area (Å²) in [5.41, 5.74) is 3.85. The number of ether oxygens (including phenoxy) is 1. The number of sulfonamides is 1. The number of nitrogens with one attached hydrogen (secondary N) is 1. The maximum absolute atomic E-state index is 13.8. The Bertz CT molecular complexity index is 1550. The molecule has 4 rings (SSSR count). The van der Waals surface area contributed by atoms with Gasteiger partial charge in [-0.05, 0) is 67.8 Å². The number of carbonyl (C=O) groups excluding carboxylic acids is 1. The first kappa shape index (κ1) is 26.5. The lowest BCUT2D eigenvalue weighted by Gasteiger charge is -2.14. The predicted molar refractivity (Wildman–Crippen MR) is 149 cm³/mol. The molecule has 0 fully saturated rings. The van der Waals surface area contributed by atoms with Gasteiger partial charge in [0.1, 0.15) is 11.4 Å². The van der Waals surface area contributed by atoms with Crippen LogP contribution in [0.25, 0.3) is 22.0 Å². The van der Waals surface area contributed by atoms with Crippen molar-refractivity contribution in [2.24, 2.45) is 0 Å². The Kier molecular flexibility index (Phi) is 8.05. The van der Waals surface area contributed by atoms with Crippen LogP contribution >= 0.6 is 11.6 Å². The van der Waals surface area contributed by atoms with Crippen LogP contribution in [0.15, 0.2) is 89.3 Å². The topological polar surface area (TPSA) is 77.4 Å². The summed E-state index contributed by atoms with van der Waals surface area (Å²) in [5.74, 6) is -0.0139. The van der Waals surface area contributed by atoms with Gasteiger partial charge in [-0.2, -0.15) is 0 Å². The Balaban J connectivity index is 1.89. The average Bonchev–Trinajstić information content (AvgIpc) is 3.24. The summed E-state index contributed by atoms with van der Waals surface area (Å²) in [5, 5.41) is 1.27.